The van der Waals surface area contributed by atoms with Crippen molar-refractivity contribution in [3.8, 4) is 0 Å². The third-order valence-corrected chi connectivity index (χ3v) is 3.30. The van der Waals surface area contributed by atoms with Gasteiger partial charge in [-0.15, -0.1) is 0 Å². The Labute approximate surface area is 107 Å². The van der Waals surface area contributed by atoms with Crippen molar-refractivity contribution in [2.24, 2.45) is 11.8 Å². The van der Waals surface area contributed by atoms with Crippen LogP contribution in [0.25, 0.3) is 0 Å². The van der Waals surface area contributed by atoms with E-state index in [4.69, 9.17) is 0 Å². The predicted molar refractivity (Wildman–Crippen MR) is 69.8 cm³/mol. The van der Waals surface area contributed by atoms with Gasteiger partial charge in [0.05, 0.1) is 0 Å². The lowest BCUT2D eigenvalue weighted by Crippen LogP contribution is -2.43. The quantitative estimate of drug-likeness (QED) is 0.829. The highest BCUT2D eigenvalue weighted by atomic mass is 19.1. The van der Waals surface area contributed by atoms with Crippen molar-refractivity contribution in [1.29, 1.82) is 0 Å². The highest BCUT2D eigenvalue weighted by Crippen LogP contribution is 2.25. The molecule has 1 heterocycles. The molecule has 1 aliphatic rings. The second-order valence-electron chi connectivity index (χ2n) is 5.34. The SMILES string of the molecule is CC1CNCC(C)CN(c2c(F)cccc2F)C1. The van der Waals surface area contributed by atoms with Crippen LogP contribution >= 0.6 is 0 Å². The summed E-state index contributed by atoms with van der Waals surface area (Å²) >= 11 is 0. The minimum absolute atomic E-state index is 0.123. The number of para-hydroxylation sites is 1. The summed E-state index contributed by atoms with van der Waals surface area (Å²) in [5.74, 6) is -0.195. The van der Waals surface area contributed by atoms with Crippen LogP contribution < -0.4 is 10.2 Å². The van der Waals surface area contributed by atoms with E-state index in [-0.39, 0.29) is 5.69 Å². The third kappa shape index (κ3) is 2.99. The summed E-state index contributed by atoms with van der Waals surface area (Å²) in [6, 6.07) is 4.06. The van der Waals surface area contributed by atoms with Gasteiger partial charge in [0.2, 0.25) is 0 Å². The van der Waals surface area contributed by atoms with E-state index in [1.165, 1.54) is 18.2 Å². The van der Waals surface area contributed by atoms with Gasteiger partial charge in [-0.25, -0.2) is 8.78 Å². The smallest absolute Gasteiger partial charge is 0.149 e. The summed E-state index contributed by atoms with van der Waals surface area (Å²) in [4.78, 5) is 1.85. The van der Waals surface area contributed by atoms with Gasteiger partial charge in [0.15, 0.2) is 0 Å². The third-order valence-electron chi connectivity index (χ3n) is 3.30. The minimum Gasteiger partial charge on any atom is -0.366 e. The molecule has 18 heavy (non-hydrogen) atoms. The van der Waals surface area contributed by atoms with Crippen molar-refractivity contribution < 1.29 is 8.78 Å². The first-order chi connectivity index (χ1) is 8.58. The average Bonchev–Trinajstić information content (AvgIpc) is 2.26. The average molecular weight is 254 g/mol. The molecule has 0 bridgehead atoms. The molecule has 4 heteroatoms. The van der Waals surface area contributed by atoms with E-state index in [9.17, 15) is 8.78 Å². The van der Waals surface area contributed by atoms with Gasteiger partial charge in [-0.3, -0.25) is 0 Å². The molecule has 0 saturated carbocycles. The Morgan fingerprint density at radius 3 is 2.06 bits per heavy atom. The van der Waals surface area contributed by atoms with E-state index in [0.717, 1.165) is 13.1 Å². The van der Waals surface area contributed by atoms with Crippen molar-refractivity contribution >= 4 is 5.69 Å². The summed E-state index contributed by atoms with van der Waals surface area (Å²) in [7, 11) is 0. The molecule has 1 fully saturated rings. The molecule has 2 unspecified atom stereocenters. The van der Waals surface area contributed by atoms with E-state index in [0.29, 0.717) is 24.9 Å². The maximum absolute atomic E-state index is 13.8. The van der Waals surface area contributed by atoms with Crippen LogP contribution in [-0.2, 0) is 0 Å². The van der Waals surface area contributed by atoms with E-state index in [2.05, 4.69) is 19.2 Å². The molecule has 0 aromatic heterocycles. The summed E-state index contributed by atoms with van der Waals surface area (Å²) in [6.45, 7) is 7.31. The molecule has 2 nitrogen and oxygen atoms in total. The molecule has 1 N–H and O–H groups in total. The molecule has 1 saturated heterocycles. The van der Waals surface area contributed by atoms with Crippen LogP contribution in [0.15, 0.2) is 18.2 Å². The highest BCUT2D eigenvalue weighted by molar-refractivity contribution is 5.49. The molecular formula is C14H20F2N2. The van der Waals surface area contributed by atoms with Gasteiger partial charge >= 0.3 is 0 Å². The van der Waals surface area contributed by atoms with Gasteiger partial charge in [-0.1, -0.05) is 19.9 Å². The van der Waals surface area contributed by atoms with E-state index in [1.807, 2.05) is 4.90 Å². The zero-order chi connectivity index (χ0) is 13.1. The second-order valence-corrected chi connectivity index (χ2v) is 5.34. The maximum Gasteiger partial charge on any atom is 0.149 e. The van der Waals surface area contributed by atoms with E-state index < -0.39 is 11.6 Å². The minimum atomic E-state index is -0.470. The Bertz CT molecular complexity index is 377. The van der Waals surface area contributed by atoms with Crippen LogP contribution in [0, 0.1) is 23.5 Å². The number of halogens is 2. The number of nitrogens with one attached hydrogen (secondary N) is 1. The number of nitrogens with zero attached hydrogens (tertiary/aromatic N) is 1. The van der Waals surface area contributed by atoms with Crippen molar-refractivity contribution in [2.75, 3.05) is 31.1 Å². The largest absolute Gasteiger partial charge is 0.366 e. The van der Waals surface area contributed by atoms with E-state index >= 15 is 0 Å². The number of rotatable bonds is 1. The zero-order valence-electron chi connectivity index (χ0n) is 10.9. The molecule has 100 valence electrons. The maximum atomic E-state index is 13.8. The van der Waals surface area contributed by atoms with Crippen molar-refractivity contribution in [2.45, 2.75) is 13.8 Å². The standard InChI is InChI=1S/C14H20F2N2/c1-10-6-17-7-11(2)9-18(8-10)14-12(15)4-3-5-13(14)16/h3-5,10-11,17H,6-9H2,1-2H3. The molecule has 1 aromatic carbocycles. The van der Waals surface area contributed by atoms with Crippen LogP contribution in [0.3, 0.4) is 0 Å². The van der Waals surface area contributed by atoms with Crippen LogP contribution in [-0.4, -0.2) is 26.2 Å². The van der Waals surface area contributed by atoms with Crippen molar-refractivity contribution in [3.05, 3.63) is 29.8 Å². The monoisotopic (exact) mass is 254 g/mol. The molecule has 2 atom stereocenters. The number of hydrogen-bond donors (Lipinski definition) is 1. The number of benzene rings is 1. The van der Waals surface area contributed by atoms with Gasteiger partial charge in [0, 0.05) is 13.1 Å². The first-order valence-electron chi connectivity index (χ1n) is 6.47. The van der Waals surface area contributed by atoms with Gasteiger partial charge in [0.1, 0.15) is 17.3 Å². The van der Waals surface area contributed by atoms with Crippen LogP contribution in [0.2, 0.25) is 0 Å². The lowest BCUT2D eigenvalue weighted by atomic mass is 10.0. The molecule has 2 rings (SSSR count). The Balaban J connectivity index is 2.27. The normalized spacial score (nSPS) is 25.7. The van der Waals surface area contributed by atoms with E-state index in [1.54, 1.807) is 0 Å². The fourth-order valence-electron chi connectivity index (χ4n) is 2.51. The fourth-order valence-corrected chi connectivity index (χ4v) is 2.51. The topological polar surface area (TPSA) is 15.3 Å². The molecule has 1 aliphatic heterocycles. The first-order valence-corrected chi connectivity index (χ1v) is 6.47. The first kappa shape index (κ1) is 13.3. The Kier molecular flexibility index (Phi) is 4.17. The Morgan fingerprint density at radius 1 is 1.06 bits per heavy atom. The number of hydrogen-bond acceptors (Lipinski definition) is 2. The van der Waals surface area contributed by atoms with Gasteiger partial charge < -0.3 is 10.2 Å². The number of anilines is 1. The summed E-state index contributed by atoms with van der Waals surface area (Å²) < 4.78 is 27.7. The van der Waals surface area contributed by atoms with Crippen molar-refractivity contribution in [3.63, 3.8) is 0 Å². The summed E-state index contributed by atoms with van der Waals surface area (Å²) in [5, 5.41) is 3.37. The molecule has 1 aromatic rings. The predicted octanol–water partition coefficient (Wildman–Crippen LogP) is 2.65. The zero-order valence-corrected chi connectivity index (χ0v) is 10.9. The Morgan fingerprint density at radius 2 is 1.56 bits per heavy atom. The molecule has 0 radical (unpaired) electrons. The molecule has 0 amide bonds. The molecule has 0 spiro atoms. The van der Waals surface area contributed by atoms with Crippen LogP contribution in [0.5, 0.6) is 0 Å². The van der Waals surface area contributed by atoms with Crippen molar-refractivity contribution in [1.82, 2.24) is 5.32 Å². The van der Waals surface area contributed by atoms with Gasteiger partial charge in [-0.2, -0.15) is 0 Å². The summed E-state index contributed by atoms with van der Waals surface area (Å²) in [6.07, 6.45) is 0. The second kappa shape index (κ2) is 5.65. The highest BCUT2D eigenvalue weighted by Gasteiger charge is 2.22. The van der Waals surface area contributed by atoms with Gasteiger partial charge in [-0.05, 0) is 37.1 Å². The van der Waals surface area contributed by atoms with Gasteiger partial charge in [0.25, 0.3) is 0 Å². The summed E-state index contributed by atoms with van der Waals surface area (Å²) in [5.41, 5.74) is 0.123. The van der Waals surface area contributed by atoms with Crippen LogP contribution in [0.4, 0.5) is 14.5 Å². The molecular weight excluding hydrogens is 234 g/mol. The molecule has 0 aliphatic carbocycles. The Hall–Kier alpha value is -1.16. The fraction of sp³-hybridized carbons (Fsp3) is 0.571. The lowest BCUT2D eigenvalue weighted by molar-refractivity contribution is 0.404. The van der Waals surface area contributed by atoms with Crippen LogP contribution in [0.1, 0.15) is 13.8 Å². The lowest BCUT2D eigenvalue weighted by Gasteiger charge is -2.33.